The van der Waals surface area contributed by atoms with Gasteiger partial charge in [0.1, 0.15) is 5.82 Å². The van der Waals surface area contributed by atoms with E-state index in [1.807, 2.05) is 26.2 Å². The average Bonchev–Trinajstić information content (AvgIpc) is 2.65. The van der Waals surface area contributed by atoms with Crippen molar-refractivity contribution in [1.29, 1.82) is 0 Å². The highest BCUT2D eigenvalue weighted by atomic mass is 16.5. The molecule has 0 aliphatic heterocycles. The van der Waals surface area contributed by atoms with E-state index in [9.17, 15) is 4.79 Å². The van der Waals surface area contributed by atoms with Crippen LogP contribution < -0.4 is 20.1 Å². The molecule has 0 saturated carbocycles. The summed E-state index contributed by atoms with van der Waals surface area (Å²) in [5.41, 5.74) is 0. The van der Waals surface area contributed by atoms with Gasteiger partial charge in [-0.15, -0.1) is 10.2 Å². The second kappa shape index (κ2) is 10.2. The third-order valence-corrected chi connectivity index (χ3v) is 3.45. The average molecular weight is 359 g/mol. The zero-order chi connectivity index (χ0) is 18.8. The third-order valence-electron chi connectivity index (χ3n) is 3.45. The first-order valence-corrected chi connectivity index (χ1v) is 8.36. The molecule has 2 aromatic rings. The van der Waals surface area contributed by atoms with Gasteiger partial charge in [-0.3, -0.25) is 4.79 Å². The second-order valence-electron chi connectivity index (χ2n) is 5.88. The smallest absolute Gasteiger partial charge is 0.263 e. The summed E-state index contributed by atoms with van der Waals surface area (Å²) >= 11 is 0. The van der Waals surface area contributed by atoms with Crippen molar-refractivity contribution < 1.29 is 14.3 Å². The number of hydrogen-bond donors (Lipinski definition) is 2. The number of carbonyl (C=O) groups is 1. The van der Waals surface area contributed by atoms with Crippen molar-refractivity contribution in [3.8, 4) is 11.5 Å². The van der Waals surface area contributed by atoms with Gasteiger partial charge >= 0.3 is 0 Å². The van der Waals surface area contributed by atoms with E-state index in [4.69, 9.17) is 9.47 Å². The maximum Gasteiger partial charge on any atom is 0.263 e. The Balaban J connectivity index is 1.76. The Morgan fingerprint density at radius 1 is 1.08 bits per heavy atom. The van der Waals surface area contributed by atoms with Crippen LogP contribution >= 0.6 is 0 Å². The summed E-state index contributed by atoms with van der Waals surface area (Å²) in [6.07, 6.45) is 1.01. The fourth-order valence-corrected chi connectivity index (χ4v) is 2.17. The van der Waals surface area contributed by atoms with Gasteiger partial charge in [-0.05, 0) is 51.3 Å². The molecule has 140 valence electrons. The highest BCUT2D eigenvalue weighted by Crippen LogP contribution is 2.25. The lowest BCUT2D eigenvalue weighted by molar-refractivity contribution is -0.118. The molecule has 1 amide bonds. The molecule has 0 saturated heterocycles. The van der Waals surface area contributed by atoms with Gasteiger partial charge in [-0.2, -0.15) is 0 Å². The highest BCUT2D eigenvalue weighted by Gasteiger charge is 2.08. The van der Waals surface area contributed by atoms with Crippen molar-refractivity contribution in [2.45, 2.75) is 6.42 Å². The van der Waals surface area contributed by atoms with Crippen LogP contribution in [0.3, 0.4) is 0 Å². The summed E-state index contributed by atoms with van der Waals surface area (Å²) in [5, 5.41) is 13.9. The summed E-state index contributed by atoms with van der Waals surface area (Å²) in [6.45, 7) is 1.67. The first-order chi connectivity index (χ1) is 12.6. The molecule has 8 heteroatoms. The summed E-state index contributed by atoms with van der Waals surface area (Å²) in [5.74, 6) is 1.81. The predicted octanol–water partition coefficient (Wildman–Crippen LogP) is 1.87. The minimum absolute atomic E-state index is 0.146. The van der Waals surface area contributed by atoms with Gasteiger partial charge in [0, 0.05) is 6.54 Å². The number of anilines is 2. The van der Waals surface area contributed by atoms with Crippen molar-refractivity contribution in [2.75, 3.05) is 51.5 Å². The lowest BCUT2D eigenvalue weighted by atomic mass is 10.3. The topological polar surface area (TPSA) is 88.6 Å². The maximum absolute atomic E-state index is 12.0. The standard InChI is InChI=1S/C18H25N5O3/c1-23(2)12-6-11-19-16-9-10-17(22-21-16)20-18(24)13-26-15-8-5-4-7-14(15)25-3/h4-5,7-10H,6,11-13H2,1-3H3,(H,19,21)(H,20,22,24). The molecule has 1 aromatic heterocycles. The summed E-state index contributed by atoms with van der Waals surface area (Å²) in [6, 6.07) is 10.6. The number of ether oxygens (including phenoxy) is 2. The number of rotatable bonds is 10. The monoisotopic (exact) mass is 359 g/mol. The first kappa shape index (κ1) is 19.5. The van der Waals surface area contributed by atoms with Crippen LogP contribution in [0.15, 0.2) is 36.4 Å². The van der Waals surface area contributed by atoms with Crippen LogP contribution in [-0.4, -0.2) is 61.9 Å². The van der Waals surface area contributed by atoms with Crippen molar-refractivity contribution in [2.24, 2.45) is 0 Å². The first-order valence-electron chi connectivity index (χ1n) is 8.36. The van der Waals surface area contributed by atoms with Gasteiger partial charge in [-0.1, -0.05) is 12.1 Å². The van der Waals surface area contributed by atoms with Gasteiger partial charge in [0.15, 0.2) is 23.9 Å². The molecule has 0 aliphatic carbocycles. The molecule has 1 aromatic carbocycles. The van der Waals surface area contributed by atoms with Crippen molar-refractivity contribution in [1.82, 2.24) is 15.1 Å². The maximum atomic E-state index is 12.0. The van der Waals surface area contributed by atoms with Crippen molar-refractivity contribution in [3.05, 3.63) is 36.4 Å². The van der Waals surface area contributed by atoms with E-state index >= 15 is 0 Å². The number of nitrogens with zero attached hydrogens (tertiary/aromatic N) is 3. The number of carbonyl (C=O) groups excluding carboxylic acids is 1. The summed E-state index contributed by atoms with van der Waals surface area (Å²) < 4.78 is 10.6. The largest absolute Gasteiger partial charge is 0.493 e. The normalized spacial score (nSPS) is 10.5. The van der Waals surface area contributed by atoms with E-state index in [1.165, 1.54) is 0 Å². The van der Waals surface area contributed by atoms with Crippen LogP contribution in [0.25, 0.3) is 0 Å². The summed E-state index contributed by atoms with van der Waals surface area (Å²) in [7, 11) is 5.62. The Labute approximate surface area is 153 Å². The molecule has 0 spiro atoms. The Hall–Kier alpha value is -2.87. The Morgan fingerprint density at radius 3 is 2.42 bits per heavy atom. The highest BCUT2D eigenvalue weighted by molar-refractivity contribution is 5.90. The molecule has 2 N–H and O–H groups in total. The van der Waals surface area contributed by atoms with E-state index in [1.54, 1.807) is 31.4 Å². The van der Waals surface area contributed by atoms with Crippen LogP contribution in [-0.2, 0) is 4.79 Å². The fraction of sp³-hybridized carbons (Fsp3) is 0.389. The van der Waals surface area contributed by atoms with Gasteiger partial charge < -0.3 is 25.0 Å². The molecule has 0 radical (unpaired) electrons. The zero-order valence-electron chi connectivity index (χ0n) is 15.4. The van der Waals surface area contributed by atoms with E-state index in [0.717, 1.165) is 19.5 Å². The number of amides is 1. The summed E-state index contributed by atoms with van der Waals surface area (Å²) in [4.78, 5) is 14.1. The molecule has 8 nitrogen and oxygen atoms in total. The SMILES string of the molecule is COc1ccccc1OCC(=O)Nc1ccc(NCCCN(C)C)nn1. The van der Waals surface area contributed by atoms with Crippen LogP contribution in [0.1, 0.15) is 6.42 Å². The lowest BCUT2D eigenvalue weighted by Gasteiger charge is -2.11. The number of nitrogens with one attached hydrogen (secondary N) is 2. The molecule has 26 heavy (non-hydrogen) atoms. The Kier molecular flexibility index (Phi) is 7.63. The molecule has 0 unspecified atom stereocenters. The van der Waals surface area contributed by atoms with Gasteiger partial charge in [0.25, 0.3) is 5.91 Å². The lowest BCUT2D eigenvalue weighted by Crippen LogP contribution is -2.21. The Bertz CT molecular complexity index is 691. The quantitative estimate of drug-likeness (QED) is 0.626. The minimum Gasteiger partial charge on any atom is -0.493 e. The van der Waals surface area contributed by atoms with Crippen LogP contribution in [0.5, 0.6) is 11.5 Å². The minimum atomic E-state index is -0.322. The molecular formula is C18H25N5O3. The predicted molar refractivity (Wildman–Crippen MR) is 101 cm³/mol. The Morgan fingerprint density at radius 2 is 1.77 bits per heavy atom. The number of para-hydroxylation sites is 2. The molecule has 0 aliphatic rings. The number of hydrogen-bond acceptors (Lipinski definition) is 7. The van der Waals surface area contributed by atoms with Crippen LogP contribution in [0, 0.1) is 0 Å². The van der Waals surface area contributed by atoms with Gasteiger partial charge in [0.05, 0.1) is 7.11 Å². The van der Waals surface area contributed by atoms with Crippen LogP contribution in [0.2, 0.25) is 0 Å². The molecule has 0 fully saturated rings. The zero-order valence-corrected chi connectivity index (χ0v) is 15.4. The van der Waals surface area contributed by atoms with Gasteiger partial charge in [-0.25, -0.2) is 0 Å². The fourth-order valence-electron chi connectivity index (χ4n) is 2.17. The molecule has 2 rings (SSSR count). The number of aromatic nitrogens is 2. The second-order valence-corrected chi connectivity index (χ2v) is 5.88. The van der Waals surface area contributed by atoms with Crippen LogP contribution in [0.4, 0.5) is 11.6 Å². The van der Waals surface area contributed by atoms with E-state index in [-0.39, 0.29) is 12.5 Å². The van der Waals surface area contributed by atoms with E-state index in [2.05, 4.69) is 25.7 Å². The molecule has 0 bridgehead atoms. The van der Waals surface area contributed by atoms with Gasteiger partial charge in [0.2, 0.25) is 0 Å². The van der Waals surface area contributed by atoms with E-state index < -0.39 is 0 Å². The molecule has 0 atom stereocenters. The van der Waals surface area contributed by atoms with Crippen molar-refractivity contribution in [3.63, 3.8) is 0 Å². The number of benzene rings is 1. The molecular weight excluding hydrogens is 334 g/mol. The van der Waals surface area contributed by atoms with Crippen molar-refractivity contribution >= 4 is 17.5 Å². The molecule has 1 heterocycles. The van der Waals surface area contributed by atoms with E-state index in [0.29, 0.717) is 23.1 Å². The number of methoxy groups -OCH3 is 1. The third kappa shape index (κ3) is 6.56.